The van der Waals surface area contributed by atoms with Crippen LogP contribution in [-0.4, -0.2) is 14.8 Å². The molecule has 2 heterocycles. The normalized spacial score (nSPS) is 15.0. The minimum Gasteiger partial charge on any atom is -0.272 e. The summed E-state index contributed by atoms with van der Waals surface area (Å²) in [5.74, 6) is 0.833. The highest BCUT2D eigenvalue weighted by Crippen LogP contribution is 2.29. The lowest BCUT2D eigenvalue weighted by atomic mass is 9.85. The highest BCUT2D eigenvalue weighted by atomic mass is 32.1. The van der Waals surface area contributed by atoms with E-state index in [1.54, 1.807) is 11.3 Å². The molecule has 0 saturated heterocycles. The summed E-state index contributed by atoms with van der Waals surface area (Å²) in [5, 5.41) is 7.79. The third kappa shape index (κ3) is 2.63. The minimum absolute atomic E-state index is 0.833. The molecule has 1 fully saturated rings. The van der Waals surface area contributed by atoms with Crippen LogP contribution in [0.1, 0.15) is 19.3 Å². The Labute approximate surface area is 128 Å². The van der Waals surface area contributed by atoms with Gasteiger partial charge in [0.1, 0.15) is 5.01 Å². The highest BCUT2D eigenvalue weighted by molar-refractivity contribution is 7.13. The van der Waals surface area contributed by atoms with Crippen molar-refractivity contribution in [3.8, 4) is 21.8 Å². The van der Waals surface area contributed by atoms with Crippen LogP contribution in [0.4, 0.5) is 0 Å². The Bertz CT molecular complexity index is 726. The highest BCUT2D eigenvalue weighted by Gasteiger charge is 2.18. The smallest absolute Gasteiger partial charge is 0.123 e. The molecule has 0 radical (unpaired) electrons. The molecule has 0 spiro atoms. The standard InChI is InChI=1S/C17H17N3S/c1-3-13(4-1)12-20-9-7-16(19-20)14-5-2-6-15(11-14)17-18-8-10-21-17/h2,5-11,13H,1,3-4,12H2. The summed E-state index contributed by atoms with van der Waals surface area (Å²) in [6.45, 7) is 1.06. The molecule has 3 nitrogen and oxygen atoms in total. The van der Waals surface area contributed by atoms with E-state index in [1.807, 2.05) is 11.6 Å². The number of benzene rings is 1. The molecule has 0 aliphatic heterocycles. The summed E-state index contributed by atoms with van der Waals surface area (Å²) in [4.78, 5) is 4.38. The van der Waals surface area contributed by atoms with Crippen molar-refractivity contribution < 1.29 is 0 Å². The van der Waals surface area contributed by atoms with Gasteiger partial charge in [-0.15, -0.1) is 11.3 Å². The summed E-state index contributed by atoms with van der Waals surface area (Å²) in [6, 6.07) is 10.6. The van der Waals surface area contributed by atoms with Crippen molar-refractivity contribution in [2.24, 2.45) is 5.92 Å². The molecule has 1 aliphatic rings. The van der Waals surface area contributed by atoms with Crippen LogP contribution >= 0.6 is 11.3 Å². The van der Waals surface area contributed by atoms with Crippen molar-refractivity contribution in [2.45, 2.75) is 25.8 Å². The minimum atomic E-state index is 0.833. The van der Waals surface area contributed by atoms with Crippen LogP contribution in [-0.2, 0) is 6.54 Å². The van der Waals surface area contributed by atoms with Gasteiger partial charge in [-0.2, -0.15) is 5.10 Å². The van der Waals surface area contributed by atoms with E-state index in [9.17, 15) is 0 Å². The first-order valence-corrected chi connectivity index (χ1v) is 8.30. The van der Waals surface area contributed by atoms with E-state index in [2.05, 4.69) is 46.2 Å². The first-order chi connectivity index (χ1) is 10.4. The van der Waals surface area contributed by atoms with Gasteiger partial charge in [0.15, 0.2) is 0 Å². The van der Waals surface area contributed by atoms with E-state index in [-0.39, 0.29) is 0 Å². The molecule has 4 rings (SSSR count). The van der Waals surface area contributed by atoms with Gasteiger partial charge in [0.05, 0.1) is 5.69 Å². The Morgan fingerprint density at radius 1 is 1.19 bits per heavy atom. The predicted molar refractivity (Wildman–Crippen MR) is 86.1 cm³/mol. The van der Waals surface area contributed by atoms with Gasteiger partial charge in [-0.1, -0.05) is 24.6 Å². The molecular formula is C17H17N3S. The van der Waals surface area contributed by atoms with Crippen molar-refractivity contribution in [3.63, 3.8) is 0 Å². The maximum atomic E-state index is 4.72. The Balaban J connectivity index is 1.59. The van der Waals surface area contributed by atoms with E-state index >= 15 is 0 Å². The quantitative estimate of drug-likeness (QED) is 0.711. The van der Waals surface area contributed by atoms with Crippen LogP contribution < -0.4 is 0 Å². The van der Waals surface area contributed by atoms with Gasteiger partial charge in [-0.05, 0) is 30.9 Å². The second-order valence-electron chi connectivity index (χ2n) is 5.64. The third-order valence-electron chi connectivity index (χ3n) is 4.15. The molecule has 0 bridgehead atoms. The van der Waals surface area contributed by atoms with Gasteiger partial charge in [-0.25, -0.2) is 4.98 Å². The fourth-order valence-corrected chi connectivity index (χ4v) is 3.37. The van der Waals surface area contributed by atoms with Crippen molar-refractivity contribution in [2.75, 3.05) is 0 Å². The van der Waals surface area contributed by atoms with E-state index in [0.29, 0.717) is 0 Å². The lowest BCUT2D eigenvalue weighted by molar-refractivity contribution is 0.267. The molecule has 106 valence electrons. The lowest BCUT2D eigenvalue weighted by Crippen LogP contribution is -2.18. The summed E-state index contributed by atoms with van der Waals surface area (Å²) in [5.41, 5.74) is 3.37. The van der Waals surface area contributed by atoms with Crippen molar-refractivity contribution >= 4 is 11.3 Å². The topological polar surface area (TPSA) is 30.7 Å². The van der Waals surface area contributed by atoms with Gasteiger partial charge < -0.3 is 0 Å². The molecule has 0 atom stereocenters. The number of hydrogen-bond acceptors (Lipinski definition) is 3. The van der Waals surface area contributed by atoms with Crippen LogP contribution in [0.2, 0.25) is 0 Å². The average Bonchev–Trinajstić information content (AvgIpc) is 3.15. The van der Waals surface area contributed by atoms with Crippen molar-refractivity contribution in [3.05, 3.63) is 48.1 Å². The molecular weight excluding hydrogens is 278 g/mol. The second-order valence-corrected chi connectivity index (χ2v) is 6.53. The number of aromatic nitrogens is 3. The summed E-state index contributed by atoms with van der Waals surface area (Å²) in [6.07, 6.45) is 8.04. The lowest BCUT2D eigenvalue weighted by Gasteiger charge is -2.24. The molecule has 3 aromatic rings. The predicted octanol–water partition coefficient (Wildman–Crippen LogP) is 4.47. The van der Waals surface area contributed by atoms with Gasteiger partial charge in [0.25, 0.3) is 0 Å². The van der Waals surface area contributed by atoms with Crippen LogP contribution in [0.3, 0.4) is 0 Å². The molecule has 0 amide bonds. The van der Waals surface area contributed by atoms with Crippen LogP contribution in [0.25, 0.3) is 21.8 Å². The average molecular weight is 295 g/mol. The van der Waals surface area contributed by atoms with Crippen molar-refractivity contribution in [1.82, 2.24) is 14.8 Å². The van der Waals surface area contributed by atoms with Gasteiger partial charge >= 0.3 is 0 Å². The largest absolute Gasteiger partial charge is 0.272 e. The zero-order chi connectivity index (χ0) is 14.1. The fraction of sp³-hybridized carbons (Fsp3) is 0.294. The molecule has 2 aromatic heterocycles. The monoisotopic (exact) mass is 295 g/mol. The molecule has 1 saturated carbocycles. The van der Waals surface area contributed by atoms with Crippen LogP contribution in [0, 0.1) is 5.92 Å². The maximum absolute atomic E-state index is 4.72. The molecule has 0 unspecified atom stereocenters. The maximum Gasteiger partial charge on any atom is 0.123 e. The Morgan fingerprint density at radius 3 is 2.86 bits per heavy atom. The zero-order valence-electron chi connectivity index (χ0n) is 11.8. The summed E-state index contributed by atoms with van der Waals surface area (Å²) in [7, 11) is 0. The van der Waals surface area contributed by atoms with E-state index in [1.165, 1.54) is 19.3 Å². The summed E-state index contributed by atoms with van der Waals surface area (Å²) < 4.78 is 2.09. The van der Waals surface area contributed by atoms with Gasteiger partial charge in [0, 0.05) is 35.4 Å². The molecule has 21 heavy (non-hydrogen) atoms. The third-order valence-corrected chi connectivity index (χ3v) is 4.97. The summed E-state index contributed by atoms with van der Waals surface area (Å²) >= 11 is 1.67. The second kappa shape index (κ2) is 5.45. The molecule has 1 aliphatic carbocycles. The van der Waals surface area contributed by atoms with Crippen LogP contribution in [0.5, 0.6) is 0 Å². The number of nitrogens with zero attached hydrogens (tertiary/aromatic N) is 3. The number of rotatable bonds is 4. The van der Waals surface area contributed by atoms with Crippen LogP contribution in [0.15, 0.2) is 48.1 Å². The van der Waals surface area contributed by atoms with Gasteiger partial charge in [-0.3, -0.25) is 4.68 Å². The Kier molecular flexibility index (Phi) is 3.31. The molecule has 1 aromatic carbocycles. The molecule has 0 N–H and O–H groups in total. The number of hydrogen-bond donors (Lipinski definition) is 0. The zero-order valence-corrected chi connectivity index (χ0v) is 12.6. The van der Waals surface area contributed by atoms with Crippen molar-refractivity contribution in [1.29, 1.82) is 0 Å². The first kappa shape index (κ1) is 12.8. The molecule has 4 heteroatoms. The SMILES string of the molecule is c1cc(-c2ccn(CC3CCC3)n2)cc(-c2nccs2)c1. The Morgan fingerprint density at radius 2 is 2.10 bits per heavy atom. The first-order valence-electron chi connectivity index (χ1n) is 7.42. The van der Waals surface area contributed by atoms with E-state index < -0.39 is 0 Å². The fourth-order valence-electron chi connectivity index (χ4n) is 2.73. The van der Waals surface area contributed by atoms with E-state index in [0.717, 1.165) is 34.3 Å². The van der Waals surface area contributed by atoms with Gasteiger partial charge in [0.2, 0.25) is 0 Å². The number of thiazole rings is 1. The Hall–Kier alpha value is -1.94. The van der Waals surface area contributed by atoms with E-state index in [4.69, 9.17) is 5.10 Å².